The van der Waals surface area contributed by atoms with E-state index in [4.69, 9.17) is 0 Å². The molecule has 4 aromatic heterocycles. The standard InChI is InChI=1S/C14H9N4.C13H8NS.Ir/c1-2-6-11(7-3-1)17-12-8-4-5-9-13(12)18-14(17)15-10-16-18;1-2-7-12-10(5-1)9-13(15-12)11-6-3-4-8-14-11;/h1-6,8-10H;1-8H;/q2*-1;. The molecule has 0 spiro atoms. The summed E-state index contributed by atoms with van der Waals surface area (Å²) in [5.41, 5.74) is 4.09. The molecular formula is C27H17IrN5S-2. The SMILES string of the molecule is [Ir].[c-]1c(-c2ccccn2)sc2ccccc12.[c-]1ccccc1-n1c2ccccc2n2ncnc12. The smallest absolute Gasteiger partial charge is 0.236 e. The van der Waals surface area contributed by atoms with Crippen molar-refractivity contribution in [2.24, 2.45) is 0 Å². The largest absolute Gasteiger partial charge is 0.303 e. The van der Waals surface area contributed by atoms with E-state index in [1.807, 2.05) is 77.4 Å². The second-order valence-electron chi connectivity index (χ2n) is 7.31. The Balaban J connectivity index is 0.000000140. The van der Waals surface area contributed by atoms with Crippen molar-refractivity contribution in [3.63, 3.8) is 0 Å². The quantitative estimate of drug-likeness (QED) is 0.212. The van der Waals surface area contributed by atoms with Gasteiger partial charge in [0.05, 0.1) is 11.0 Å². The summed E-state index contributed by atoms with van der Waals surface area (Å²) in [5, 5.41) is 5.43. The summed E-state index contributed by atoms with van der Waals surface area (Å²) < 4.78 is 5.16. The summed E-state index contributed by atoms with van der Waals surface area (Å²) in [7, 11) is 0. The first-order valence-corrected chi connectivity index (χ1v) is 11.3. The van der Waals surface area contributed by atoms with Crippen molar-refractivity contribution >= 4 is 38.2 Å². The maximum Gasteiger partial charge on any atom is 0.236 e. The van der Waals surface area contributed by atoms with E-state index in [1.165, 1.54) is 10.1 Å². The Morgan fingerprint density at radius 2 is 1.56 bits per heavy atom. The molecule has 0 aliphatic rings. The van der Waals surface area contributed by atoms with Crippen LogP contribution < -0.4 is 0 Å². The monoisotopic (exact) mass is 636 g/mol. The first-order valence-electron chi connectivity index (χ1n) is 10.5. The molecule has 0 saturated carbocycles. The predicted octanol–water partition coefficient (Wildman–Crippen LogP) is 6.23. The van der Waals surface area contributed by atoms with Gasteiger partial charge in [-0.2, -0.15) is 38.9 Å². The number of fused-ring (bicyclic) bond motifs is 4. The number of rotatable bonds is 2. The summed E-state index contributed by atoms with van der Waals surface area (Å²) in [6.07, 6.45) is 3.38. The fraction of sp³-hybridized carbons (Fsp3) is 0. The molecule has 0 unspecified atom stereocenters. The van der Waals surface area contributed by atoms with Crippen molar-refractivity contribution in [2.75, 3.05) is 0 Å². The first-order chi connectivity index (χ1) is 16.4. The number of aromatic nitrogens is 5. The summed E-state index contributed by atoms with van der Waals surface area (Å²) in [6.45, 7) is 0. The van der Waals surface area contributed by atoms with Gasteiger partial charge < -0.3 is 9.55 Å². The van der Waals surface area contributed by atoms with Crippen molar-refractivity contribution in [3.05, 3.63) is 116 Å². The van der Waals surface area contributed by atoms with Crippen LogP contribution in [0.3, 0.4) is 0 Å². The minimum absolute atomic E-state index is 0. The minimum Gasteiger partial charge on any atom is -0.303 e. The third kappa shape index (κ3) is 4.05. The molecule has 34 heavy (non-hydrogen) atoms. The molecule has 3 aromatic carbocycles. The van der Waals surface area contributed by atoms with E-state index in [2.05, 4.69) is 56.0 Å². The molecule has 0 saturated heterocycles. The van der Waals surface area contributed by atoms with Gasteiger partial charge in [-0.3, -0.25) is 0 Å². The topological polar surface area (TPSA) is 48.0 Å². The molecule has 167 valence electrons. The van der Waals surface area contributed by atoms with Crippen molar-refractivity contribution in [1.29, 1.82) is 0 Å². The van der Waals surface area contributed by atoms with Gasteiger partial charge in [-0.05, 0) is 27.8 Å². The van der Waals surface area contributed by atoms with E-state index in [1.54, 1.807) is 17.7 Å². The van der Waals surface area contributed by atoms with Crippen molar-refractivity contribution < 1.29 is 20.1 Å². The summed E-state index contributed by atoms with van der Waals surface area (Å²) >= 11 is 1.73. The zero-order valence-electron chi connectivity index (χ0n) is 17.8. The predicted molar refractivity (Wildman–Crippen MR) is 133 cm³/mol. The van der Waals surface area contributed by atoms with Crippen LogP contribution in [-0.4, -0.2) is 24.1 Å². The molecule has 0 fully saturated rings. The van der Waals surface area contributed by atoms with Gasteiger partial charge in [0.1, 0.15) is 6.33 Å². The van der Waals surface area contributed by atoms with Gasteiger partial charge in [0.2, 0.25) is 5.78 Å². The third-order valence-electron chi connectivity index (χ3n) is 5.26. The van der Waals surface area contributed by atoms with E-state index in [-0.39, 0.29) is 20.1 Å². The zero-order chi connectivity index (χ0) is 22.0. The van der Waals surface area contributed by atoms with Gasteiger partial charge in [0.25, 0.3) is 0 Å². The average molecular weight is 636 g/mol. The number of para-hydroxylation sites is 3. The normalized spacial score (nSPS) is 10.7. The molecule has 0 atom stereocenters. The number of thiophene rings is 1. The molecule has 4 heterocycles. The minimum atomic E-state index is 0. The summed E-state index contributed by atoms with van der Waals surface area (Å²) in [6, 6.07) is 36.8. The van der Waals surface area contributed by atoms with Crippen LogP contribution in [0.2, 0.25) is 0 Å². The second-order valence-corrected chi connectivity index (χ2v) is 8.36. The number of pyridine rings is 1. The average Bonchev–Trinajstić information content (AvgIpc) is 3.60. The molecule has 0 aliphatic heterocycles. The van der Waals surface area contributed by atoms with E-state index >= 15 is 0 Å². The van der Waals surface area contributed by atoms with Crippen LogP contribution >= 0.6 is 11.3 Å². The Bertz CT molecular complexity index is 1640. The van der Waals surface area contributed by atoms with Gasteiger partial charge >= 0.3 is 0 Å². The van der Waals surface area contributed by atoms with Crippen LogP contribution in [0, 0.1) is 12.1 Å². The summed E-state index contributed by atoms with van der Waals surface area (Å²) in [5.74, 6) is 0.804. The van der Waals surface area contributed by atoms with E-state index in [0.717, 1.165) is 33.1 Å². The number of imidazole rings is 1. The van der Waals surface area contributed by atoms with Gasteiger partial charge in [-0.15, -0.1) is 29.7 Å². The number of hydrogen-bond donors (Lipinski definition) is 0. The van der Waals surface area contributed by atoms with Crippen LogP contribution in [0.25, 0.3) is 43.2 Å². The zero-order valence-corrected chi connectivity index (χ0v) is 21.0. The van der Waals surface area contributed by atoms with Crippen molar-refractivity contribution in [1.82, 2.24) is 24.1 Å². The fourth-order valence-corrected chi connectivity index (χ4v) is 4.77. The number of benzene rings is 3. The molecule has 7 aromatic rings. The van der Waals surface area contributed by atoms with E-state index in [9.17, 15) is 0 Å². The van der Waals surface area contributed by atoms with Crippen LogP contribution in [0.15, 0.2) is 104 Å². The summed E-state index contributed by atoms with van der Waals surface area (Å²) in [4.78, 5) is 9.76. The van der Waals surface area contributed by atoms with Gasteiger partial charge in [0, 0.05) is 32.0 Å². The molecule has 7 heteroatoms. The Morgan fingerprint density at radius 1 is 0.765 bits per heavy atom. The molecule has 7 rings (SSSR count). The second kappa shape index (κ2) is 9.69. The van der Waals surface area contributed by atoms with E-state index < -0.39 is 0 Å². The van der Waals surface area contributed by atoms with Gasteiger partial charge in [-0.25, -0.2) is 11.3 Å². The van der Waals surface area contributed by atoms with Crippen molar-refractivity contribution in [2.45, 2.75) is 0 Å². The van der Waals surface area contributed by atoms with Crippen LogP contribution in [0.1, 0.15) is 0 Å². The maximum atomic E-state index is 4.33. The molecule has 0 amide bonds. The molecule has 0 bridgehead atoms. The Morgan fingerprint density at radius 3 is 2.35 bits per heavy atom. The van der Waals surface area contributed by atoms with E-state index in [0.29, 0.717) is 0 Å². The Kier molecular flexibility index (Phi) is 6.32. The Hall–Kier alpha value is -3.64. The first kappa shape index (κ1) is 22.2. The van der Waals surface area contributed by atoms with Crippen LogP contribution in [0.4, 0.5) is 0 Å². The number of hydrogen-bond acceptors (Lipinski definition) is 4. The fourth-order valence-electron chi connectivity index (χ4n) is 3.79. The molecule has 1 radical (unpaired) electrons. The molecule has 0 aliphatic carbocycles. The molecule has 5 nitrogen and oxygen atoms in total. The third-order valence-corrected chi connectivity index (χ3v) is 6.35. The Labute approximate surface area is 213 Å². The van der Waals surface area contributed by atoms with Crippen LogP contribution in [-0.2, 0) is 20.1 Å². The maximum absolute atomic E-state index is 4.33. The van der Waals surface area contributed by atoms with Gasteiger partial charge in [-0.1, -0.05) is 42.1 Å². The van der Waals surface area contributed by atoms with Crippen molar-refractivity contribution in [3.8, 4) is 16.3 Å². The molecule has 0 N–H and O–H groups in total. The molecular weight excluding hydrogens is 619 g/mol. The number of nitrogens with zero attached hydrogens (tertiary/aromatic N) is 5. The van der Waals surface area contributed by atoms with Crippen LogP contribution in [0.5, 0.6) is 0 Å². The van der Waals surface area contributed by atoms with Gasteiger partial charge in [0.15, 0.2) is 0 Å².